The first kappa shape index (κ1) is 15.5. The zero-order valence-electron chi connectivity index (χ0n) is 12.2. The first-order valence-corrected chi connectivity index (χ1v) is 7.44. The van der Waals surface area contributed by atoms with Crippen LogP contribution in [0.3, 0.4) is 0 Å². The summed E-state index contributed by atoms with van der Waals surface area (Å²) in [7, 11) is 0. The highest BCUT2D eigenvalue weighted by molar-refractivity contribution is 7.05. The summed E-state index contributed by atoms with van der Waals surface area (Å²) < 4.78 is 4.03. The molecule has 5 heteroatoms. The van der Waals surface area contributed by atoms with Gasteiger partial charge in [-0.2, -0.15) is 0 Å². The summed E-state index contributed by atoms with van der Waals surface area (Å²) in [5, 5.41) is 11.1. The van der Waals surface area contributed by atoms with Crippen LogP contribution in [-0.2, 0) is 6.54 Å². The highest BCUT2D eigenvalue weighted by atomic mass is 32.1. The van der Waals surface area contributed by atoms with Crippen molar-refractivity contribution >= 4 is 11.5 Å². The molecule has 18 heavy (non-hydrogen) atoms. The van der Waals surface area contributed by atoms with Crippen LogP contribution in [0.25, 0.3) is 0 Å². The molecular weight excluding hydrogens is 244 g/mol. The Morgan fingerprint density at radius 1 is 1.22 bits per heavy atom. The molecule has 1 rings (SSSR count). The standard InChI is InChI=1S/C13H26N4S/c1-10(2)12-11(18-17-16-12)9-14-7-6-8-15-13(3,4)5/h10,14-15H,6-9H2,1-5H3. The lowest BCUT2D eigenvalue weighted by molar-refractivity contribution is 0.418. The van der Waals surface area contributed by atoms with E-state index in [0.29, 0.717) is 5.92 Å². The molecule has 0 amide bonds. The second kappa shape index (κ2) is 7.16. The molecule has 2 N–H and O–H groups in total. The minimum absolute atomic E-state index is 0.215. The first-order valence-electron chi connectivity index (χ1n) is 6.67. The molecule has 0 bridgehead atoms. The van der Waals surface area contributed by atoms with Crippen molar-refractivity contribution in [3.8, 4) is 0 Å². The van der Waals surface area contributed by atoms with Gasteiger partial charge < -0.3 is 10.6 Å². The summed E-state index contributed by atoms with van der Waals surface area (Å²) in [6.45, 7) is 13.9. The monoisotopic (exact) mass is 270 g/mol. The predicted molar refractivity (Wildman–Crippen MR) is 78.1 cm³/mol. The summed E-state index contributed by atoms with van der Waals surface area (Å²) in [4.78, 5) is 1.27. The van der Waals surface area contributed by atoms with E-state index in [4.69, 9.17) is 0 Å². The average molecular weight is 270 g/mol. The van der Waals surface area contributed by atoms with Crippen LogP contribution >= 0.6 is 11.5 Å². The van der Waals surface area contributed by atoms with Gasteiger partial charge in [-0.05, 0) is 57.7 Å². The third kappa shape index (κ3) is 5.89. The Balaban J connectivity index is 2.16. The molecule has 104 valence electrons. The van der Waals surface area contributed by atoms with Crippen molar-refractivity contribution in [1.82, 2.24) is 20.2 Å². The second-order valence-electron chi connectivity index (χ2n) is 5.94. The van der Waals surface area contributed by atoms with E-state index in [1.807, 2.05) is 0 Å². The van der Waals surface area contributed by atoms with Crippen molar-refractivity contribution in [2.45, 2.75) is 59.0 Å². The molecule has 4 nitrogen and oxygen atoms in total. The van der Waals surface area contributed by atoms with Gasteiger partial charge >= 0.3 is 0 Å². The minimum Gasteiger partial charge on any atom is -0.312 e. The molecule has 0 saturated carbocycles. The summed E-state index contributed by atoms with van der Waals surface area (Å²) in [5.74, 6) is 0.461. The molecule has 0 saturated heterocycles. The second-order valence-corrected chi connectivity index (χ2v) is 6.78. The quantitative estimate of drug-likeness (QED) is 0.748. The van der Waals surface area contributed by atoms with Gasteiger partial charge in [0, 0.05) is 12.1 Å². The Kier molecular flexibility index (Phi) is 6.18. The number of rotatable bonds is 7. The molecule has 1 aromatic rings. The summed E-state index contributed by atoms with van der Waals surface area (Å²) in [6.07, 6.45) is 1.14. The molecule has 0 aliphatic carbocycles. The van der Waals surface area contributed by atoms with Crippen molar-refractivity contribution < 1.29 is 0 Å². The van der Waals surface area contributed by atoms with Crippen molar-refractivity contribution in [3.63, 3.8) is 0 Å². The third-order valence-corrected chi connectivity index (χ3v) is 3.34. The molecule has 0 aliphatic rings. The molecule has 1 heterocycles. The molecular formula is C13H26N4S. The zero-order chi connectivity index (χ0) is 13.6. The summed E-state index contributed by atoms with van der Waals surface area (Å²) >= 11 is 1.51. The van der Waals surface area contributed by atoms with Gasteiger partial charge in [-0.15, -0.1) is 5.10 Å². The highest BCUT2D eigenvalue weighted by Gasteiger charge is 2.11. The van der Waals surface area contributed by atoms with Crippen LogP contribution in [0.15, 0.2) is 0 Å². The largest absolute Gasteiger partial charge is 0.312 e. The van der Waals surface area contributed by atoms with Crippen LogP contribution < -0.4 is 10.6 Å². The Morgan fingerprint density at radius 2 is 1.94 bits per heavy atom. The van der Waals surface area contributed by atoms with Gasteiger partial charge in [0.15, 0.2) is 0 Å². The maximum absolute atomic E-state index is 4.18. The van der Waals surface area contributed by atoms with E-state index in [0.717, 1.165) is 31.7 Å². The number of nitrogens with one attached hydrogen (secondary N) is 2. The smallest absolute Gasteiger partial charge is 0.0826 e. The summed E-state index contributed by atoms with van der Waals surface area (Å²) in [5.41, 5.74) is 1.35. The van der Waals surface area contributed by atoms with E-state index in [1.165, 1.54) is 16.4 Å². The molecule has 0 fully saturated rings. The van der Waals surface area contributed by atoms with Crippen LogP contribution in [0.1, 0.15) is 57.5 Å². The van der Waals surface area contributed by atoms with Gasteiger partial charge in [-0.25, -0.2) is 0 Å². The van der Waals surface area contributed by atoms with E-state index in [2.05, 4.69) is 54.8 Å². The van der Waals surface area contributed by atoms with Crippen molar-refractivity contribution in [3.05, 3.63) is 10.6 Å². The van der Waals surface area contributed by atoms with Crippen molar-refractivity contribution in [2.75, 3.05) is 13.1 Å². The van der Waals surface area contributed by atoms with E-state index in [-0.39, 0.29) is 5.54 Å². The van der Waals surface area contributed by atoms with Gasteiger partial charge in [-0.1, -0.05) is 18.3 Å². The Hall–Kier alpha value is -0.520. The third-order valence-electron chi connectivity index (χ3n) is 2.60. The predicted octanol–water partition coefficient (Wildman–Crippen LogP) is 2.53. The highest BCUT2D eigenvalue weighted by Crippen LogP contribution is 2.19. The van der Waals surface area contributed by atoms with Crippen LogP contribution in [0.2, 0.25) is 0 Å². The van der Waals surface area contributed by atoms with Crippen LogP contribution in [0.4, 0.5) is 0 Å². The Labute approximate surface area is 115 Å². The first-order chi connectivity index (χ1) is 8.40. The lowest BCUT2D eigenvalue weighted by Crippen LogP contribution is -2.37. The maximum atomic E-state index is 4.18. The Morgan fingerprint density at radius 3 is 2.56 bits per heavy atom. The number of nitrogens with zero attached hydrogens (tertiary/aromatic N) is 2. The van der Waals surface area contributed by atoms with E-state index >= 15 is 0 Å². The van der Waals surface area contributed by atoms with Crippen molar-refractivity contribution in [2.24, 2.45) is 0 Å². The van der Waals surface area contributed by atoms with Crippen molar-refractivity contribution in [1.29, 1.82) is 0 Å². The molecule has 0 unspecified atom stereocenters. The fourth-order valence-electron chi connectivity index (χ4n) is 1.66. The molecule has 0 aliphatic heterocycles. The summed E-state index contributed by atoms with van der Waals surface area (Å²) in [6, 6.07) is 0. The fraction of sp³-hybridized carbons (Fsp3) is 0.846. The van der Waals surface area contributed by atoms with Gasteiger partial charge in [-0.3, -0.25) is 0 Å². The average Bonchev–Trinajstić information content (AvgIpc) is 2.69. The van der Waals surface area contributed by atoms with Crippen LogP contribution in [-0.4, -0.2) is 28.2 Å². The molecule has 0 aromatic carbocycles. The van der Waals surface area contributed by atoms with Gasteiger partial charge in [0.25, 0.3) is 0 Å². The van der Waals surface area contributed by atoms with Crippen LogP contribution in [0.5, 0.6) is 0 Å². The molecule has 0 atom stereocenters. The maximum Gasteiger partial charge on any atom is 0.0826 e. The Bertz CT molecular complexity index is 341. The molecule has 0 spiro atoms. The molecule has 0 radical (unpaired) electrons. The lowest BCUT2D eigenvalue weighted by atomic mass is 10.1. The normalized spacial score (nSPS) is 12.3. The van der Waals surface area contributed by atoms with E-state index < -0.39 is 0 Å². The SMILES string of the molecule is CC(C)c1nnsc1CNCCCNC(C)(C)C. The number of aromatic nitrogens is 2. The zero-order valence-corrected chi connectivity index (χ0v) is 13.0. The fourth-order valence-corrected chi connectivity index (χ4v) is 2.42. The van der Waals surface area contributed by atoms with E-state index in [9.17, 15) is 0 Å². The van der Waals surface area contributed by atoms with Gasteiger partial charge in [0.05, 0.1) is 10.6 Å². The minimum atomic E-state index is 0.215. The van der Waals surface area contributed by atoms with Crippen LogP contribution in [0, 0.1) is 0 Å². The van der Waals surface area contributed by atoms with Gasteiger partial charge in [0.2, 0.25) is 0 Å². The lowest BCUT2D eigenvalue weighted by Gasteiger charge is -2.20. The number of hydrogen-bond donors (Lipinski definition) is 2. The number of hydrogen-bond acceptors (Lipinski definition) is 5. The van der Waals surface area contributed by atoms with E-state index in [1.54, 1.807) is 0 Å². The van der Waals surface area contributed by atoms with Gasteiger partial charge in [0.1, 0.15) is 0 Å². The topological polar surface area (TPSA) is 49.8 Å². The molecule has 1 aromatic heterocycles.